The van der Waals surface area contributed by atoms with E-state index >= 15 is 0 Å². The molecule has 7 heteroatoms. The molecule has 1 aliphatic heterocycles. The van der Waals surface area contributed by atoms with Gasteiger partial charge < -0.3 is 10.1 Å². The van der Waals surface area contributed by atoms with E-state index in [9.17, 15) is 8.42 Å². The summed E-state index contributed by atoms with van der Waals surface area (Å²) in [6, 6.07) is 3.58. The van der Waals surface area contributed by atoms with E-state index in [0.29, 0.717) is 5.82 Å². The molecule has 21 heavy (non-hydrogen) atoms. The van der Waals surface area contributed by atoms with Crippen LogP contribution in [0.5, 0.6) is 0 Å². The number of hydrogen-bond acceptors (Lipinski definition) is 5. The van der Waals surface area contributed by atoms with Crippen molar-refractivity contribution in [3.63, 3.8) is 0 Å². The molecule has 1 saturated heterocycles. The highest BCUT2D eigenvalue weighted by Gasteiger charge is 2.29. The first-order valence-corrected chi connectivity index (χ1v) is 8.44. The predicted molar refractivity (Wildman–Crippen MR) is 81.8 cm³/mol. The van der Waals surface area contributed by atoms with Gasteiger partial charge >= 0.3 is 0 Å². The summed E-state index contributed by atoms with van der Waals surface area (Å²) in [5, 5.41) is 3.34. The highest BCUT2D eigenvalue weighted by Crippen LogP contribution is 2.26. The zero-order chi connectivity index (χ0) is 15.7. The van der Waals surface area contributed by atoms with E-state index in [-0.39, 0.29) is 16.5 Å². The fraction of sp³-hybridized carbons (Fsp3) is 0.643. The van der Waals surface area contributed by atoms with Gasteiger partial charge in [-0.15, -0.1) is 0 Å². The molecule has 1 N–H and O–H groups in total. The van der Waals surface area contributed by atoms with E-state index in [4.69, 9.17) is 4.74 Å². The number of anilines is 1. The van der Waals surface area contributed by atoms with Crippen LogP contribution in [-0.4, -0.2) is 50.1 Å². The maximum Gasteiger partial charge on any atom is 0.244 e. The fourth-order valence-corrected chi connectivity index (χ4v) is 3.24. The van der Waals surface area contributed by atoms with Crippen molar-refractivity contribution in [2.45, 2.75) is 43.2 Å². The second-order valence-electron chi connectivity index (χ2n) is 6.11. The molecule has 0 radical (unpaired) electrons. The Balaban J connectivity index is 2.06. The van der Waals surface area contributed by atoms with Crippen LogP contribution in [-0.2, 0) is 14.8 Å². The Kier molecular flexibility index (Phi) is 4.55. The summed E-state index contributed by atoms with van der Waals surface area (Å²) in [6.45, 7) is 4.86. The number of pyridine rings is 1. The summed E-state index contributed by atoms with van der Waals surface area (Å²) in [5.74, 6) is 0.690. The monoisotopic (exact) mass is 313 g/mol. The summed E-state index contributed by atoms with van der Waals surface area (Å²) in [6.07, 6.45) is 3.21. The Bertz CT molecular complexity index is 582. The molecule has 1 aliphatic rings. The third kappa shape index (κ3) is 3.93. The number of hydrogen-bond donors (Lipinski definition) is 1. The second-order valence-corrected chi connectivity index (χ2v) is 8.26. The summed E-state index contributed by atoms with van der Waals surface area (Å²) in [7, 11) is -0.411. The molecule has 0 amide bonds. The van der Waals surface area contributed by atoms with Gasteiger partial charge in [-0.1, -0.05) is 0 Å². The van der Waals surface area contributed by atoms with Crippen molar-refractivity contribution in [3.8, 4) is 0 Å². The number of sulfonamides is 1. The quantitative estimate of drug-likeness (QED) is 0.916. The molecule has 1 unspecified atom stereocenters. The van der Waals surface area contributed by atoms with Gasteiger partial charge in [0.15, 0.2) is 0 Å². The van der Waals surface area contributed by atoms with Gasteiger partial charge in [-0.05, 0) is 38.8 Å². The van der Waals surface area contributed by atoms with Crippen LogP contribution in [0.15, 0.2) is 23.2 Å². The van der Waals surface area contributed by atoms with Crippen molar-refractivity contribution in [2.75, 3.05) is 26.0 Å². The van der Waals surface area contributed by atoms with Crippen LogP contribution < -0.4 is 5.32 Å². The van der Waals surface area contributed by atoms with Gasteiger partial charge in [-0.3, -0.25) is 0 Å². The molecule has 1 aromatic heterocycles. The first kappa shape index (κ1) is 16.2. The average Bonchev–Trinajstić information content (AvgIpc) is 2.38. The number of nitrogens with one attached hydrogen (secondary N) is 1. The summed E-state index contributed by atoms with van der Waals surface area (Å²) >= 11 is 0. The van der Waals surface area contributed by atoms with E-state index in [1.54, 1.807) is 12.1 Å². The van der Waals surface area contributed by atoms with Gasteiger partial charge in [0.05, 0.1) is 5.60 Å². The molecule has 118 valence electrons. The molecule has 0 bridgehead atoms. The van der Waals surface area contributed by atoms with Crippen LogP contribution in [0.3, 0.4) is 0 Å². The van der Waals surface area contributed by atoms with Crippen LogP contribution in [0.4, 0.5) is 5.82 Å². The Morgan fingerprint density at radius 1 is 1.38 bits per heavy atom. The minimum absolute atomic E-state index is 0.135. The molecule has 0 spiro atoms. The van der Waals surface area contributed by atoms with Crippen LogP contribution in [0.1, 0.15) is 26.7 Å². The fourth-order valence-electron chi connectivity index (χ4n) is 2.39. The minimum atomic E-state index is -3.42. The van der Waals surface area contributed by atoms with Crippen molar-refractivity contribution in [1.29, 1.82) is 0 Å². The highest BCUT2D eigenvalue weighted by molar-refractivity contribution is 7.89. The largest absolute Gasteiger partial charge is 0.375 e. The molecule has 0 aromatic carbocycles. The number of aromatic nitrogens is 1. The van der Waals surface area contributed by atoms with E-state index in [2.05, 4.69) is 24.1 Å². The molecular formula is C14H23N3O3S. The minimum Gasteiger partial charge on any atom is -0.375 e. The predicted octanol–water partition coefficient (Wildman–Crippen LogP) is 1.70. The molecule has 1 aromatic rings. The Labute approximate surface area is 126 Å². The van der Waals surface area contributed by atoms with Gasteiger partial charge in [-0.25, -0.2) is 17.7 Å². The number of ether oxygens (including phenoxy) is 1. The van der Waals surface area contributed by atoms with Crippen LogP contribution in [0, 0.1) is 0 Å². The standard InChI is InChI=1S/C14H23N3O3S/c1-14(2)9-11(7-8-20-14)16-13-6-5-12(10-15-13)21(18,19)17(3)4/h5-6,10-11H,7-9H2,1-4H3,(H,15,16). The van der Waals surface area contributed by atoms with Crippen molar-refractivity contribution < 1.29 is 13.2 Å². The summed E-state index contributed by atoms with van der Waals surface area (Å²) in [5.41, 5.74) is -0.135. The van der Waals surface area contributed by atoms with Crippen LogP contribution >= 0.6 is 0 Å². The average molecular weight is 313 g/mol. The lowest BCUT2D eigenvalue weighted by molar-refractivity contribution is -0.0553. The lowest BCUT2D eigenvalue weighted by Gasteiger charge is -2.36. The van der Waals surface area contributed by atoms with Crippen LogP contribution in [0.25, 0.3) is 0 Å². The maximum absolute atomic E-state index is 12.0. The molecule has 6 nitrogen and oxygen atoms in total. The Morgan fingerprint density at radius 2 is 2.10 bits per heavy atom. The normalized spacial score (nSPS) is 22.2. The smallest absolute Gasteiger partial charge is 0.244 e. The van der Waals surface area contributed by atoms with E-state index in [1.807, 2.05) is 0 Å². The topological polar surface area (TPSA) is 71.5 Å². The Hall–Kier alpha value is -1.18. The molecular weight excluding hydrogens is 290 g/mol. The maximum atomic E-state index is 12.0. The molecule has 2 rings (SSSR count). The van der Waals surface area contributed by atoms with Crippen molar-refractivity contribution >= 4 is 15.8 Å². The van der Waals surface area contributed by atoms with Gasteiger partial charge in [0.2, 0.25) is 10.0 Å². The first-order chi connectivity index (χ1) is 9.71. The van der Waals surface area contributed by atoms with Crippen molar-refractivity contribution in [3.05, 3.63) is 18.3 Å². The third-order valence-electron chi connectivity index (χ3n) is 3.56. The molecule has 2 heterocycles. The molecule has 0 saturated carbocycles. The number of nitrogens with zero attached hydrogens (tertiary/aromatic N) is 2. The number of rotatable bonds is 4. The van der Waals surface area contributed by atoms with E-state index in [0.717, 1.165) is 19.4 Å². The summed E-state index contributed by atoms with van der Waals surface area (Å²) < 4.78 is 30.8. The third-order valence-corrected chi connectivity index (χ3v) is 5.36. The van der Waals surface area contributed by atoms with Gasteiger partial charge in [0.1, 0.15) is 10.7 Å². The molecule has 1 fully saturated rings. The lowest BCUT2D eigenvalue weighted by Crippen LogP contribution is -2.40. The van der Waals surface area contributed by atoms with E-state index < -0.39 is 10.0 Å². The second kappa shape index (κ2) is 5.90. The van der Waals surface area contributed by atoms with E-state index in [1.165, 1.54) is 24.6 Å². The highest BCUT2D eigenvalue weighted by atomic mass is 32.2. The lowest BCUT2D eigenvalue weighted by atomic mass is 9.94. The zero-order valence-electron chi connectivity index (χ0n) is 13.0. The van der Waals surface area contributed by atoms with Gasteiger partial charge in [0.25, 0.3) is 0 Å². The summed E-state index contributed by atoms with van der Waals surface area (Å²) in [4.78, 5) is 4.41. The first-order valence-electron chi connectivity index (χ1n) is 7.00. The van der Waals surface area contributed by atoms with Gasteiger partial charge in [0, 0.05) is 32.9 Å². The van der Waals surface area contributed by atoms with Crippen molar-refractivity contribution in [2.24, 2.45) is 0 Å². The zero-order valence-corrected chi connectivity index (χ0v) is 13.8. The SMILES string of the molecule is CN(C)S(=O)(=O)c1ccc(NC2CCOC(C)(C)C2)nc1. The molecule has 1 atom stereocenters. The molecule has 0 aliphatic carbocycles. The Morgan fingerprint density at radius 3 is 2.62 bits per heavy atom. The van der Waals surface area contributed by atoms with Gasteiger partial charge in [-0.2, -0.15) is 0 Å². The van der Waals surface area contributed by atoms with Crippen LogP contribution in [0.2, 0.25) is 0 Å². The van der Waals surface area contributed by atoms with Crippen molar-refractivity contribution in [1.82, 2.24) is 9.29 Å².